The monoisotopic (exact) mass is 335 g/mol. The number of rotatable bonds is 4. The summed E-state index contributed by atoms with van der Waals surface area (Å²) in [4.78, 5) is 16.7. The predicted molar refractivity (Wildman–Crippen MR) is 98.7 cm³/mol. The van der Waals surface area contributed by atoms with Gasteiger partial charge < -0.3 is 10.2 Å². The van der Waals surface area contributed by atoms with Crippen LogP contribution < -0.4 is 10.2 Å². The molecule has 5 heteroatoms. The molecule has 1 aliphatic heterocycles. The van der Waals surface area contributed by atoms with Gasteiger partial charge in [-0.2, -0.15) is 0 Å². The summed E-state index contributed by atoms with van der Waals surface area (Å²) in [7, 11) is 0. The summed E-state index contributed by atoms with van der Waals surface area (Å²) in [6.07, 6.45) is 10.4. The van der Waals surface area contributed by atoms with Crippen molar-refractivity contribution in [3.63, 3.8) is 0 Å². The van der Waals surface area contributed by atoms with E-state index in [2.05, 4.69) is 15.2 Å². The summed E-state index contributed by atoms with van der Waals surface area (Å²) in [6.45, 7) is 2.19. The van der Waals surface area contributed by atoms with Crippen molar-refractivity contribution in [2.45, 2.75) is 57.0 Å². The molecule has 0 atom stereocenters. The van der Waals surface area contributed by atoms with Crippen LogP contribution in [-0.4, -0.2) is 40.1 Å². The molecule has 1 saturated heterocycles. The van der Waals surface area contributed by atoms with E-state index < -0.39 is 0 Å². The number of nitrogens with one attached hydrogen (secondary N) is 1. The van der Waals surface area contributed by atoms with E-state index in [0.717, 1.165) is 43.5 Å². The van der Waals surface area contributed by atoms with E-state index in [-0.39, 0.29) is 0 Å². The smallest absolute Gasteiger partial charge is 0.180 e. The highest BCUT2D eigenvalue weighted by Gasteiger charge is 2.29. The third kappa shape index (κ3) is 3.13. The number of nitrogens with zero attached hydrogens (tertiary/aromatic N) is 4. The van der Waals surface area contributed by atoms with Gasteiger partial charge in [0.25, 0.3) is 0 Å². The minimum atomic E-state index is 0.689. The Morgan fingerprint density at radius 3 is 2.56 bits per heavy atom. The first-order valence-electron chi connectivity index (χ1n) is 9.69. The van der Waals surface area contributed by atoms with Gasteiger partial charge in [0.2, 0.25) is 0 Å². The molecule has 3 heterocycles. The number of fused-ring (bicyclic) bond motifs is 1. The predicted octanol–water partition coefficient (Wildman–Crippen LogP) is 2.75. The average molecular weight is 335 g/mol. The second-order valence-electron chi connectivity index (χ2n) is 7.57. The van der Waals surface area contributed by atoms with Gasteiger partial charge >= 0.3 is 0 Å². The minimum Gasteiger partial charge on any atom is -0.356 e. The van der Waals surface area contributed by atoms with Crippen LogP contribution in [0, 0.1) is 0 Å². The fraction of sp³-hybridized carbons (Fsp3) is 0.550. The van der Waals surface area contributed by atoms with Crippen LogP contribution in [0.4, 0.5) is 5.82 Å². The third-order valence-corrected chi connectivity index (χ3v) is 5.65. The molecule has 0 spiro atoms. The van der Waals surface area contributed by atoms with Gasteiger partial charge in [0, 0.05) is 42.6 Å². The summed E-state index contributed by atoms with van der Waals surface area (Å²) < 4.78 is 0. The van der Waals surface area contributed by atoms with Crippen LogP contribution in [0.1, 0.15) is 43.4 Å². The second kappa shape index (κ2) is 6.37. The Kier molecular flexibility index (Phi) is 3.89. The minimum absolute atomic E-state index is 0.689. The lowest BCUT2D eigenvalue weighted by atomic mass is 10.0. The first-order valence-corrected chi connectivity index (χ1v) is 9.69. The lowest BCUT2D eigenvalue weighted by molar-refractivity contribution is 0.411. The summed E-state index contributed by atoms with van der Waals surface area (Å²) >= 11 is 0. The van der Waals surface area contributed by atoms with Gasteiger partial charge in [-0.15, -0.1) is 0 Å². The zero-order valence-corrected chi connectivity index (χ0v) is 14.6. The topological polar surface area (TPSA) is 53.9 Å². The van der Waals surface area contributed by atoms with Crippen LogP contribution in [0.25, 0.3) is 11.5 Å². The molecule has 0 radical (unpaired) electrons. The van der Waals surface area contributed by atoms with Crippen molar-refractivity contribution < 1.29 is 0 Å². The maximum atomic E-state index is 4.97. The highest BCUT2D eigenvalue weighted by molar-refractivity contribution is 5.59. The number of anilines is 1. The molecule has 25 heavy (non-hydrogen) atoms. The van der Waals surface area contributed by atoms with Crippen LogP contribution >= 0.6 is 0 Å². The van der Waals surface area contributed by atoms with Crippen LogP contribution in [0.2, 0.25) is 0 Å². The molecule has 2 fully saturated rings. The highest BCUT2D eigenvalue weighted by Crippen LogP contribution is 2.32. The Morgan fingerprint density at radius 1 is 0.960 bits per heavy atom. The van der Waals surface area contributed by atoms with Gasteiger partial charge in [0.15, 0.2) is 5.82 Å². The summed E-state index contributed by atoms with van der Waals surface area (Å²) in [5.41, 5.74) is 3.50. The molecule has 0 unspecified atom stereocenters. The van der Waals surface area contributed by atoms with E-state index in [4.69, 9.17) is 9.97 Å². The Morgan fingerprint density at radius 2 is 1.80 bits per heavy atom. The molecule has 1 saturated carbocycles. The van der Waals surface area contributed by atoms with E-state index >= 15 is 0 Å². The number of hydrogen-bond donors (Lipinski definition) is 1. The summed E-state index contributed by atoms with van der Waals surface area (Å²) in [6, 6.07) is 7.44. The Balaban J connectivity index is 1.41. The lowest BCUT2D eigenvalue weighted by Crippen LogP contribution is -2.44. The fourth-order valence-corrected chi connectivity index (χ4v) is 4.13. The molecule has 130 valence electrons. The SMILES string of the molecule is c1ccc(-c2nc3c(c(N4CCC(NC5CC5)CC4)n2)CCC3)nc1. The van der Waals surface area contributed by atoms with Crippen molar-refractivity contribution >= 4 is 5.82 Å². The van der Waals surface area contributed by atoms with E-state index in [9.17, 15) is 0 Å². The molecule has 0 aromatic carbocycles. The molecule has 2 aromatic heterocycles. The van der Waals surface area contributed by atoms with Gasteiger partial charge in [-0.1, -0.05) is 6.07 Å². The van der Waals surface area contributed by atoms with Crippen molar-refractivity contribution in [3.8, 4) is 11.5 Å². The van der Waals surface area contributed by atoms with Crippen molar-refractivity contribution in [1.29, 1.82) is 0 Å². The van der Waals surface area contributed by atoms with Crippen LogP contribution in [0.3, 0.4) is 0 Å². The van der Waals surface area contributed by atoms with Gasteiger partial charge in [-0.25, -0.2) is 9.97 Å². The summed E-state index contributed by atoms with van der Waals surface area (Å²) in [5.74, 6) is 1.96. The van der Waals surface area contributed by atoms with E-state index in [0.29, 0.717) is 6.04 Å². The Hall–Kier alpha value is -2.01. The first-order chi connectivity index (χ1) is 12.4. The number of aryl methyl sites for hydroxylation is 1. The van der Waals surface area contributed by atoms with E-state index in [1.807, 2.05) is 24.4 Å². The molecule has 2 aliphatic carbocycles. The van der Waals surface area contributed by atoms with Crippen molar-refractivity contribution in [3.05, 3.63) is 35.7 Å². The number of aromatic nitrogens is 3. The van der Waals surface area contributed by atoms with Crippen LogP contribution in [-0.2, 0) is 12.8 Å². The molecular formula is C20H25N5. The van der Waals surface area contributed by atoms with Crippen molar-refractivity contribution in [1.82, 2.24) is 20.3 Å². The Bertz CT molecular complexity index is 748. The van der Waals surface area contributed by atoms with Crippen molar-refractivity contribution in [2.75, 3.05) is 18.0 Å². The Labute approximate surface area is 148 Å². The summed E-state index contributed by atoms with van der Waals surface area (Å²) in [5, 5.41) is 3.78. The molecule has 1 N–H and O–H groups in total. The number of pyridine rings is 1. The number of piperidine rings is 1. The van der Waals surface area contributed by atoms with Gasteiger partial charge in [0.1, 0.15) is 11.5 Å². The highest BCUT2D eigenvalue weighted by atomic mass is 15.2. The quantitative estimate of drug-likeness (QED) is 0.931. The normalized spacial score (nSPS) is 20.7. The average Bonchev–Trinajstić information content (AvgIpc) is 3.35. The molecule has 0 bridgehead atoms. The molecular weight excluding hydrogens is 310 g/mol. The standard InChI is InChI=1S/C20H25N5/c1-2-11-21-18(5-1)19-23-17-6-3-4-16(17)20(24-19)25-12-9-15(10-13-25)22-14-7-8-14/h1-2,5,11,14-15,22H,3-4,6-10,12-13H2. The maximum Gasteiger partial charge on any atom is 0.180 e. The first kappa shape index (κ1) is 15.3. The third-order valence-electron chi connectivity index (χ3n) is 5.65. The van der Waals surface area contributed by atoms with E-state index in [1.54, 1.807) is 0 Å². The maximum absolute atomic E-state index is 4.97. The molecule has 5 rings (SSSR count). The molecule has 0 amide bonds. The molecule has 5 nitrogen and oxygen atoms in total. The van der Waals surface area contributed by atoms with Gasteiger partial charge in [-0.05, 0) is 57.1 Å². The zero-order valence-electron chi connectivity index (χ0n) is 14.6. The van der Waals surface area contributed by atoms with Crippen molar-refractivity contribution in [2.24, 2.45) is 0 Å². The fourth-order valence-electron chi connectivity index (χ4n) is 4.13. The largest absolute Gasteiger partial charge is 0.356 e. The molecule has 2 aromatic rings. The second-order valence-corrected chi connectivity index (χ2v) is 7.57. The van der Waals surface area contributed by atoms with E-state index in [1.165, 1.54) is 49.2 Å². The number of hydrogen-bond acceptors (Lipinski definition) is 5. The molecule has 3 aliphatic rings. The van der Waals surface area contributed by atoms with Crippen LogP contribution in [0.15, 0.2) is 24.4 Å². The van der Waals surface area contributed by atoms with Crippen LogP contribution in [0.5, 0.6) is 0 Å². The van der Waals surface area contributed by atoms with Gasteiger partial charge in [-0.3, -0.25) is 4.98 Å². The zero-order chi connectivity index (χ0) is 16.6. The van der Waals surface area contributed by atoms with Gasteiger partial charge in [0.05, 0.1) is 0 Å². The lowest BCUT2D eigenvalue weighted by Gasteiger charge is -2.34.